The Morgan fingerprint density at radius 3 is 2.77 bits per heavy atom. The highest BCUT2D eigenvalue weighted by Crippen LogP contribution is 2.27. The summed E-state index contributed by atoms with van der Waals surface area (Å²) in [6, 6.07) is 14.3. The number of nitrogens with zero attached hydrogens (tertiary/aromatic N) is 3. The lowest BCUT2D eigenvalue weighted by molar-refractivity contribution is 0.291. The summed E-state index contributed by atoms with van der Waals surface area (Å²) in [4.78, 5) is 16.5. The summed E-state index contributed by atoms with van der Waals surface area (Å²) in [5.74, 6) is 0.877. The molecule has 0 atom stereocenters. The van der Waals surface area contributed by atoms with Crippen molar-refractivity contribution < 1.29 is 13.9 Å². The standard InChI is InChI=1S/C22H17ClFN3O3/c1-29-17-2-3-18-20(13-17)25-7-6-21(18)30-9-8-27-22(28)5-4-19(26-27)14-10-15(23)12-16(24)11-14/h2-7,10-13H,8-9H2,1H3. The maximum absolute atomic E-state index is 13.6. The maximum atomic E-state index is 13.6. The van der Waals surface area contributed by atoms with Crippen molar-refractivity contribution in [1.82, 2.24) is 14.8 Å². The van der Waals surface area contributed by atoms with Gasteiger partial charge in [0.2, 0.25) is 0 Å². The normalized spacial score (nSPS) is 10.9. The fraction of sp³-hybridized carbons (Fsp3) is 0.136. The molecule has 0 fully saturated rings. The van der Waals surface area contributed by atoms with E-state index < -0.39 is 5.82 Å². The zero-order valence-corrected chi connectivity index (χ0v) is 16.8. The first-order chi connectivity index (χ1) is 14.5. The minimum absolute atomic E-state index is 0.214. The number of benzene rings is 2. The van der Waals surface area contributed by atoms with Crippen LogP contribution < -0.4 is 15.0 Å². The Balaban J connectivity index is 1.53. The van der Waals surface area contributed by atoms with E-state index in [4.69, 9.17) is 21.1 Å². The fourth-order valence-electron chi connectivity index (χ4n) is 3.06. The Hall–Kier alpha value is -3.45. The van der Waals surface area contributed by atoms with Crippen LogP contribution in [0, 0.1) is 5.82 Å². The molecule has 2 aromatic carbocycles. The number of pyridine rings is 1. The average Bonchev–Trinajstić information content (AvgIpc) is 2.74. The van der Waals surface area contributed by atoms with Crippen LogP contribution in [0.15, 0.2) is 65.6 Å². The van der Waals surface area contributed by atoms with Gasteiger partial charge in [-0.05, 0) is 42.5 Å². The minimum Gasteiger partial charge on any atom is -0.497 e. The van der Waals surface area contributed by atoms with Gasteiger partial charge in [0, 0.05) is 34.3 Å². The Kier molecular flexibility index (Phi) is 5.63. The highest BCUT2D eigenvalue weighted by molar-refractivity contribution is 6.30. The first kappa shape index (κ1) is 19.8. The van der Waals surface area contributed by atoms with Gasteiger partial charge in [0.05, 0.1) is 24.9 Å². The zero-order valence-electron chi connectivity index (χ0n) is 16.0. The Morgan fingerprint density at radius 1 is 1.10 bits per heavy atom. The summed E-state index contributed by atoms with van der Waals surface area (Å²) in [7, 11) is 1.60. The molecule has 8 heteroatoms. The molecule has 152 valence electrons. The van der Waals surface area contributed by atoms with E-state index in [-0.39, 0.29) is 23.7 Å². The highest BCUT2D eigenvalue weighted by atomic mass is 35.5. The van der Waals surface area contributed by atoms with Crippen LogP contribution in [0.25, 0.3) is 22.2 Å². The molecule has 0 aliphatic carbocycles. The summed E-state index contributed by atoms with van der Waals surface area (Å²) >= 11 is 5.92. The van der Waals surface area contributed by atoms with Gasteiger partial charge in [-0.2, -0.15) is 5.10 Å². The molecule has 0 saturated carbocycles. The maximum Gasteiger partial charge on any atom is 0.266 e. The van der Waals surface area contributed by atoms with Crippen LogP contribution in [0.2, 0.25) is 5.02 Å². The smallest absolute Gasteiger partial charge is 0.266 e. The van der Waals surface area contributed by atoms with Gasteiger partial charge in [-0.3, -0.25) is 9.78 Å². The molecule has 0 radical (unpaired) electrons. The second kappa shape index (κ2) is 8.51. The number of aromatic nitrogens is 3. The largest absolute Gasteiger partial charge is 0.497 e. The number of fused-ring (bicyclic) bond motifs is 1. The topological polar surface area (TPSA) is 66.2 Å². The van der Waals surface area contributed by atoms with Gasteiger partial charge in [-0.15, -0.1) is 0 Å². The van der Waals surface area contributed by atoms with Crippen molar-refractivity contribution in [3.63, 3.8) is 0 Å². The van der Waals surface area contributed by atoms with Crippen LogP contribution in [-0.4, -0.2) is 28.5 Å². The van der Waals surface area contributed by atoms with Gasteiger partial charge in [-0.25, -0.2) is 9.07 Å². The highest BCUT2D eigenvalue weighted by Gasteiger charge is 2.08. The molecular weight excluding hydrogens is 409 g/mol. The predicted molar refractivity (Wildman–Crippen MR) is 113 cm³/mol. The molecule has 0 bridgehead atoms. The summed E-state index contributed by atoms with van der Waals surface area (Å²) in [6.07, 6.45) is 1.65. The Labute approximate surface area is 176 Å². The van der Waals surface area contributed by atoms with Crippen LogP contribution >= 0.6 is 11.6 Å². The molecule has 0 unspecified atom stereocenters. The molecular formula is C22H17ClFN3O3. The van der Waals surface area contributed by atoms with E-state index in [2.05, 4.69) is 10.1 Å². The molecule has 0 aliphatic heterocycles. The molecule has 0 N–H and O–H groups in total. The zero-order chi connectivity index (χ0) is 21.1. The molecule has 2 aromatic heterocycles. The first-order valence-corrected chi connectivity index (χ1v) is 9.51. The van der Waals surface area contributed by atoms with Crippen molar-refractivity contribution >= 4 is 22.5 Å². The van der Waals surface area contributed by atoms with Crippen LogP contribution in [0.5, 0.6) is 11.5 Å². The van der Waals surface area contributed by atoms with E-state index in [1.54, 1.807) is 25.4 Å². The molecule has 0 saturated heterocycles. The summed E-state index contributed by atoms with van der Waals surface area (Å²) in [5, 5.41) is 5.40. The first-order valence-electron chi connectivity index (χ1n) is 9.14. The van der Waals surface area contributed by atoms with E-state index in [0.29, 0.717) is 22.8 Å². The molecule has 6 nitrogen and oxygen atoms in total. The number of ether oxygens (including phenoxy) is 2. The molecule has 4 rings (SSSR count). The summed E-state index contributed by atoms with van der Waals surface area (Å²) in [5.41, 5.74) is 1.39. The van der Waals surface area contributed by atoms with Crippen molar-refractivity contribution in [1.29, 1.82) is 0 Å². The molecule has 4 aromatic rings. The predicted octanol–water partition coefficient (Wildman–Crippen LogP) is 4.34. The third-order valence-corrected chi connectivity index (χ3v) is 4.71. The van der Waals surface area contributed by atoms with Crippen molar-refractivity contribution in [2.75, 3.05) is 13.7 Å². The summed E-state index contributed by atoms with van der Waals surface area (Å²) < 4.78 is 26.0. The Bertz CT molecular complexity index is 1260. The molecule has 0 amide bonds. The summed E-state index contributed by atoms with van der Waals surface area (Å²) in [6.45, 7) is 0.432. The van der Waals surface area contributed by atoms with Gasteiger partial charge >= 0.3 is 0 Å². The average molecular weight is 426 g/mol. The van der Waals surface area contributed by atoms with Crippen LogP contribution in [0.1, 0.15) is 0 Å². The van der Waals surface area contributed by atoms with E-state index in [1.165, 1.54) is 28.9 Å². The second-order valence-electron chi connectivity index (χ2n) is 6.48. The van der Waals surface area contributed by atoms with Crippen molar-refractivity contribution in [3.05, 3.63) is 82.0 Å². The number of hydrogen-bond acceptors (Lipinski definition) is 5. The number of methoxy groups -OCH3 is 1. The van der Waals surface area contributed by atoms with Gasteiger partial charge in [0.1, 0.15) is 23.9 Å². The fourth-order valence-corrected chi connectivity index (χ4v) is 3.28. The quantitative estimate of drug-likeness (QED) is 0.459. The van der Waals surface area contributed by atoms with Crippen molar-refractivity contribution in [2.45, 2.75) is 6.54 Å². The lowest BCUT2D eigenvalue weighted by atomic mass is 10.1. The van der Waals surface area contributed by atoms with Crippen molar-refractivity contribution in [3.8, 4) is 22.8 Å². The van der Waals surface area contributed by atoms with E-state index >= 15 is 0 Å². The lowest BCUT2D eigenvalue weighted by Crippen LogP contribution is -2.25. The number of rotatable bonds is 6. The lowest BCUT2D eigenvalue weighted by Gasteiger charge is -2.11. The number of halogens is 2. The van der Waals surface area contributed by atoms with Crippen LogP contribution in [0.3, 0.4) is 0 Å². The monoisotopic (exact) mass is 425 g/mol. The van der Waals surface area contributed by atoms with E-state index in [0.717, 1.165) is 10.9 Å². The molecule has 2 heterocycles. The third kappa shape index (κ3) is 4.26. The van der Waals surface area contributed by atoms with Gasteiger partial charge in [0.15, 0.2) is 0 Å². The Morgan fingerprint density at radius 2 is 1.97 bits per heavy atom. The molecule has 0 spiro atoms. The van der Waals surface area contributed by atoms with Crippen molar-refractivity contribution in [2.24, 2.45) is 0 Å². The minimum atomic E-state index is -0.471. The molecule has 0 aliphatic rings. The second-order valence-corrected chi connectivity index (χ2v) is 6.92. The van der Waals surface area contributed by atoms with Gasteiger partial charge in [0.25, 0.3) is 5.56 Å². The number of hydrogen-bond donors (Lipinski definition) is 0. The van der Waals surface area contributed by atoms with E-state index in [9.17, 15) is 9.18 Å². The van der Waals surface area contributed by atoms with E-state index in [1.807, 2.05) is 18.2 Å². The SMILES string of the molecule is COc1ccc2c(OCCn3nc(-c4cc(F)cc(Cl)c4)ccc3=O)ccnc2c1. The van der Waals surface area contributed by atoms with Crippen LogP contribution in [0.4, 0.5) is 4.39 Å². The molecule has 30 heavy (non-hydrogen) atoms. The van der Waals surface area contributed by atoms with Crippen LogP contribution in [-0.2, 0) is 6.54 Å². The van der Waals surface area contributed by atoms with Gasteiger partial charge in [-0.1, -0.05) is 11.6 Å². The van der Waals surface area contributed by atoms with Gasteiger partial charge < -0.3 is 9.47 Å². The third-order valence-electron chi connectivity index (χ3n) is 4.50.